The zero-order valence-electron chi connectivity index (χ0n) is 11.3. The zero-order chi connectivity index (χ0) is 15.4. The number of nitrogens with one attached hydrogen (secondary N) is 1. The summed E-state index contributed by atoms with van der Waals surface area (Å²) in [6.45, 7) is 2.19. The molecule has 1 unspecified atom stereocenters. The summed E-state index contributed by atoms with van der Waals surface area (Å²) in [6.07, 6.45) is 3.37. The second kappa shape index (κ2) is 6.04. The number of benzene rings is 1. The SMILES string of the molecule is CC(Cn1cccn1)NC(=O)c1cc(O)ccc1[N+](=O)[O-]. The third kappa shape index (κ3) is 3.56. The van der Waals surface area contributed by atoms with Crippen LogP contribution in [0.15, 0.2) is 36.7 Å². The number of nitro benzene ring substituents is 1. The van der Waals surface area contributed by atoms with E-state index in [1.165, 1.54) is 6.07 Å². The van der Waals surface area contributed by atoms with Crippen molar-refractivity contribution >= 4 is 11.6 Å². The predicted octanol–water partition coefficient (Wildman–Crippen LogP) is 1.32. The van der Waals surface area contributed by atoms with E-state index in [1.807, 2.05) is 0 Å². The van der Waals surface area contributed by atoms with Gasteiger partial charge in [-0.1, -0.05) is 0 Å². The average Bonchev–Trinajstić information content (AvgIpc) is 2.90. The van der Waals surface area contributed by atoms with Crippen LogP contribution in [0.5, 0.6) is 5.75 Å². The van der Waals surface area contributed by atoms with E-state index in [0.29, 0.717) is 6.54 Å². The molecule has 8 nitrogen and oxygen atoms in total. The molecule has 0 aliphatic heterocycles. The van der Waals surface area contributed by atoms with Gasteiger partial charge >= 0.3 is 0 Å². The van der Waals surface area contributed by atoms with Gasteiger partial charge in [-0.25, -0.2) is 0 Å². The molecule has 0 aliphatic carbocycles. The summed E-state index contributed by atoms with van der Waals surface area (Å²) in [6, 6.07) is 4.83. The fourth-order valence-corrected chi connectivity index (χ4v) is 1.90. The first kappa shape index (κ1) is 14.5. The van der Waals surface area contributed by atoms with E-state index in [1.54, 1.807) is 30.1 Å². The summed E-state index contributed by atoms with van der Waals surface area (Å²) < 4.78 is 1.64. The molecule has 2 aromatic rings. The molecule has 0 saturated heterocycles. The molecule has 8 heteroatoms. The molecule has 0 aliphatic rings. The highest BCUT2D eigenvalue weighted by Crippen LogP contribution is 2.23. The summed E-state index contributed by atoms with van der Waals surface area (Å²) in [5, 5.41) is 27.0. The Hall–Kier alpha value is -2.90. The van der Waals surface area contributed by atoms with E-state index in [9.17, 15) is 20.0 Å². The number of carbonyl (C=O) groups excluding carboxylic acids is 1. The summed E-state index contributed by atoms with van der Waals surface area (Å²) >= 11 is 0. The Labute approximate surface area is 120 Å². The molecule has 0 spiro atoms. The van der Waals surface area contributed by atoms with Crippen LogP contribution in [-0.2, 0) is 6.54 Å². The maximum absolute atomic E-state index is 12.1. The molecule has 21 heavy (non-hydrogen) atoms. The Morgan fingerprint density at radius 1 is 1.57 bits per heavy atom. The molecule has 0 bridgehead atoms. The first-order chi connectivity index (χ1) is 9.97. The lowest BCUT2D eigenvalue weighted by molar-refractivity contribution is -0.385. The maximum Gasteiger partial charge on any atom is 0.282 e. The van der Waals surface area contributed by atoms with Crippen LogP contribution in [0.4, 0.5) is 5.69 Å². The molecule has 1 heterocycles. The van der Waals surface area contributed by atoms with Crippen LogP contribution in [0, 0.1) is 10.1 Å². The highest BCUT2D eigenvalue weighted by Gasteiger charge is 2.21. The van der Waals surface area contributed by atoms with Crippen molar-refractivity contribution in [1.82, 2.24) is 15.1 Å². The van der Waals surface area contributed by atoms with Crippen LogP contribution >= 0.6 is 0 Å². The van der Waals surface area contributed by atoms with Crippen LogP contribution in [0.2, 0.25) is 0 Å². The van der Waals surface area contributed by atoms with Crippen molar-refractivity contribution in [3.8, 4) is 5.75 Å². The van der Waals surface area contributed by atoms with Gasteiger partial charge in [0, 0.05) is 24.5 Å². The number of phenolic OH excluding ortho intramolecular Hbond substituents is 1. The number of hydrogen-bond acceptors (Lipinski definition) is 5. The lowest BCUT2D eigenvalue weighted by Gasteiger charge is -2.14. The molecule has 1 atom stereocenters. The Balaban J connectivity index is 2.12. The number of aromatic nitrogens is 2. The molecular formula is C13H14N4O4. The molecule has 0 fully saturated rings. The Morgan fingerprint density at radius 2 is 2.33 bits per heavy atom. The topological polar surface area (TPSA) is 110 Å². The lowest BCUT2D eigenvalue weighted by atomic mass is 10.1. The van der Waals surface area contributed by atoms with E-state index in [2.05, 4.69) is 10.4 Å². The van der Waals surface area contributed by atoms with Gasteiger partial charge in [0.1, 0.15) is 11.3 Å². The van der Waals surface area contributed by atoms with Gasteiger partial charge in [-0.2, -0.15) is 5.10 Å². The fourth-order valence-electron chi connectivity index (χ4n) is 1.90. The van der Waals surface area contributed by atoms with Crippen molar-refractivity contribution < 1.29 is 14.8 Å². The fraction of sp³-hybridized carbons (Fsp3) is 0.231. The second-order valence-electron chi connectivity index (χ2n) is 4.56. The number of carbonyl (C=O) groups is 1. The number of phenols is 1. The van der Waals surface area contributed by atoms with Gasteiger partial charge in [0.2, 0.25) is 0 Å². The third-order valence-electron chi connectivity index (χ3n) is 2.82. The van der Waals surface area contributed by atoms with Gasteiger partial charge in [-0.3, -0.25) is 19.6 Å². The number of nitrogens with zero attached hydrogens (tertiary/aromatic N) is 3. The van der Waals surface area contributed by atoms with Crippen LogP contribution in [-0.4, -0.2) is 31.8 Å². The first-order valence-electron chi connectivity index (χ1n) is 6.23. The van der Waals surface area contributed by atoms with E-state index >= 15 is 0 Å². The third-order valence-corrected chi connectivity index (χ3v) is 2.82. The minimum atomic E-state index is -0.660. The van der Waals surface area contributed by atoms with Crippen molar-refractivity contribution in [2.24, 2.45) is 0 Å². The molecule has 1 amide bonds. The Bertz CT molecular complexity index is 654. The normalized spacial score (nSPS) is 11.9. The Kier molecular flexibility index (Phi) is 4.17. The average molecular weight is 290 g/mol. The van der Waals surface area contributed by atoms with E-state index in [-0.39, 0.29) is 23.0 Å². The summed E-state index contributed by atoms with van der Waals surface area (Å²) in [5.74, 6) is -0.817. The summed E-state index contributed by atoms with van der Waals surface area (Å²) in [5.41, 5.74) is -0.524. The van der Waals surface area contributed by atoms with Gasteiger partial charge in [0.15, 0.2) is 0 Å². The maximum atomic E-state index is 12.1. The minimum Gasteiger partial charge on any atom is -0.508 e. The molecule has 0 radical (unpaired) electrons. The Morgan fingerprint density at radius 3 is 2.95 bits per heavy atom. The highest BCUT2D eigenvalue weighted by molar-refractivity contribution is 5.98. The number of nitro groups is 1. The molecule has 1 aromatic heterocycles. The second-order valence-corrected chi connectivity index (χ2v) is 4.56. The molecular weight excluding hydrogens is 276 g/mol. The van der Waals surface area contributed by atoms with E-state index in [0.717, 1.165) is 12.1 Å². The van der Waals surface area contributed by atoms with Crippen molar-refractivity contribution in [1.29, 1.82) is 0 Å². The van der Waals surface area contributed by atoms with Gasteiger partial charge in [0.05, 0.1) is 11.5 Å². The number of rotatable bonds is 5. The number of amides is 1. The summed E-state index contributed by atoms with van der Waals surface area (Å²) in [4.78, 5) is 22.4. The standard InChI is InChI=1S/C13H14N4O4/c1-9(8-16-6-2-5-14-16)15-13(19)11-7-10(18)3-4-12(11)17(20)21/h2-7,9,18H,8H2,1H3,(H,15,19). The molecule has 2 N–H and O–H groups in total. The minimum absolute atomic E-state index is 0.174. The molecule has 1 aromatic carbocycles. The van der Waals surface area contributed by atoms with Crippen LogP contribution in [0.3, 0.4) is 0 Å². The first-order valence-corrected chi connectivity index (χ1v) is 6.23. The smallest absolute Gasteiger partial charge is 0.282 e. The van der Waals surface area contributed by atoms with Gasteiger partial charge in [0.25, 0.3) is 11.6 Å². The predicted molar refractivity (Wildman–Crippen MR) is 73.9 cm³/mol. The largest absolute Gasteiger partial charge is 0.508 e. The van der Waals surface area contributed by atoms with Crippen LogP contribution < -0.4 is 5.32 Å². The van der Waals surface area contributed by atoms with Gasteiger partial charge in [-0.15, -0.1) is 0 Å². The number of hydrogen-bond donors (Lipinski definition) is 2. The van der Waals surface area contributed by atoms with Gasteiger partial charge < -0.3 is 10.4 Å². The van der Waals surface area contributed by atoms with Crippen molar-refractivity contribution in [3.05, 3.63) is 52.3 Å². The van der Waals surface area contributed by atoms with Crippen LogP contribution in [0.25, 0.3) is 0 Å². The molecule has 2 rings (SSSR count). The van der Waals surface area contributed by atoms with Crippen molar-refractivity contribution in [2.75, 3.05) is 0 Å². The molecule has 110 valence electrons. The van der Waals surface area contributed by atoms with Gasteiger partial charge in [-0.05, 0) is 25.1 Å². The lowest BCUT2D eigenvalue weighted by Crippen LogP contribution is -2.36. The van der Waals surface area contributed by atoms with Crippen molar-refractivity contribution in [2.45, 2.75) is 19.5 Å². The van der Waals surface area contributed by atoms with Crippen molar-refractivity contribution in [3.63, 3.8) is 0 Å². The molecule has 0 saturated carbocycles. The quantitative estimate of drug-likeness (QED) is 0.637. The monoisotopic (exact) mass is 290 g/mol. The zero-order valence-corrected chi connectivity index (χ0v) is 11.3. The van der Waals surface area contributed by atoms with E-state index in [4.69, 9.17) is 0 Å². The van der Waals surface area contributed by atoms with E-state index < -0.39 is 10.8 Å². The summed E-state index contributed by atoms with van der Waals surface area (Å²) in [7, 11) is 0. The van der Waals surface area contributed by atoms with Crippen LogP contribution in [0.1, 0.15) is 17.3 Å². The number of aromatic hydroxyl groups is 1. The highest BCUT2D eigenvalue weighted by atomic mass is 16.6.